The molecule has 1 atom stereocenters. The highest BCUT2D eigenvalue weighted by atomic mass is 15.1. The van der Waals surface area contributed by atoms with Gasteiger partial charge >= 0.3 is 0 Å². The fourth-order valence-corrected chi connectivity index (χ4v) is 2.54. The Labute approximate surface area is 119 Å². The second kappa shape index (κ2) is 6.01. The summed E-state index contributed by atoms with van der Waals surface area (Å²) in [7, 11) is 0. The fourth-order valence-electron chi connectivity index (χ4n) is 2.54. The molecule has 1 unspecified atom stereocenters. The van der Waals surface area contributed by atoms with E-state index in [0.29, 0.717) is 6.04 Å². The Kier molecular flexibility index (Phi) is 3.92. The van der Waals surface area contributed by atoms with E-state index in [1.165, 1.54) is 12.8 Å². The van der Waals surface area contributed by atoms with Crippen LogP contribution in [-0.2, 0) is 0 Å². The number of piperidine rings is 1. The van der Waals surface area contributed by atoms with E-state index in [9.17, 15) is 0 Å². The van der Waals surface area contributed by atoms with Crippen LogP contribution in [0.1, 0.15) is 18.5 Å². The molecule has 0 spiro atoms. The second-order valence-corrected chi connectivity index (χ2v) is 5.27. The monoisotopic (exact) mass is 268 g/mol. The van der Waals surface area contributed by atoms with Gasteiger partial charge < -0.3 is 10.6 Å². The van der Waals surface area contributed by atoms with Gasteiger partial charge in [0.25, 0.3) is 0 Å². The van der Waals surface area contributed by atoms with E-state index >= 15 is 0 Å². The van der Waals surface area contributed by atoms with Crippen molar-refractivity contribution in [3.63, 3.8) is 0 Å². The summed E-state index contributed by atoms with van der Waals surface area (Å²) < 4.78 is 0. The van der Waals surface area contributed by atoms with Gasteiger partial charge in [0.05, 0.1) is 0 Å². The number of hydrogen-bond acceptors (Lipinski definition) is 4. The summed E-state index contributed by atoms with van der Waals surface area (Å²) in [4.78, 5) is 9.18. The van der Waals surface area contributed by atoms with E-state index in [-0.39, 0.29) is 0 Å². The zero-order chi connectivity index (χ0) is 13.8. The molecular formula is C16H20N4. The minimum Gasteiger partial charge on any atom is -0.366 e. The predicted molar refractivity (Wildman–Crippen MR) is 81.7 cm³/mol. The largest absolute Gasteiger partial charge is 0.366 e. The lowest BCUT2D eigenvalue weighted by Crippen LogP contribution is -2.38. The molecule has 0 radical (unpaired) electrons. The zero-order valence-corrected chi connectivity index (χ0v) is 11.8. The molecule has 1 aliphatic rings. The van der Waals surface area contributed by atoms with E-state index in [1.54, 1.807) is 0 Å². The summed E-state index contributed by atoms with van der Waals surface area (Å²) in [5, 5.41) is 6.93. The van der Waals surface area contributed by atoms with Gasteiger partial charge in [-0.3, -0.25) is 0 Å². The molecule has 2 N–H and O–H groups in total. The Morgan fingerprint density at radius 3 is 2.80 bits per heavy atom. The highest BCUT2D eigenvalue weighted by molar-refractivity contribution is 5.57. The topological polar surface area (TPSA) is 49.8 Å². The Balaban J connectivity index is 1.83. The highest BCUT2D eigenvalue weighted by Crippen LogP contribution is 2.18. The molecule has 1 aromatic heterocycles. The maximum atomic E-state index is 4.65. The number of nitrogens with zero attached hydrogens (tertiary/aromatic N) is 2. The predicted octanol–water partition coefficient (Wildman–Crippen LogP) is 2.62. The summed E-state index contributed by atoms with van der Waals surface area (Å²) in [5.41, 5.74) is 2.05. The van der Waals surface area contributed by atoms with Crippen LogP contribution in [0.15, 0.2) is 36.4 Å². The molecule has 104 valence electrons. The number of nitrogens with one attached hydrogen (secondary N) is 2. The van der Waals surface area contributed by atoms with E-state index in [0.717, 1.165) is 36.0 Å². The maximum Gasteiger partial charge on any atom is 0.161 e. The van der Waals surface area contributed by atoms with Crippen LogP contribution >= 0.6 is 0 Å². The van der Waals surface area contributed by atoms with Crippen LogP contribution in [0.2, 0.25) is 0 Å². The van der Waals surface area contributed by atoms with Crippen molar-refractivity contribution in [3.05, 3.63) is 42.1 Å². The Bertz CT molecular complexity index is 562. The summed E-state index contributed by atoms with van der Waals surface area (Å²) in [6, 6.07) is 12.6. The first-order valence-corrected chi connectivity index (χ1v) is 7.19. The molecule has 4 nitrogen and oxygen atoms in total. The van der Waals surface area contributed by atoms with Crippen LogP contribution in [0.4, 0.5) is 5.82 Å². The standard InChI is InChI=1S/C16H20N4/c1-12-10-15(19-14-8-5-9-17-11-14)20-16(18-12)13-6-3-2-4-7-13/h2-4,6-7,10,14,17H,5,8-9,11H2,1H3,(H,18,19,20). The van der Waals surface area contributed by atoms with Crippen molar-refractivity contribution in [2.75, 3.05) is 18.4 Å². The summed E-state index contributed by atoms with van der Waals surface area (Å²) in [6.07, 6.45) is 2.41. The van der Waals surface area contributed by atoms with E-state index < -0.39 is 0 Å². The van der Waals surface area contributed by atoms with Crippen molar-refractivity contribution in [3.8, 4) is 11.4 Å². The van der Waals surface area contributed by atoms with E-state index in [1.807, 2.05) is 43.3 Å². The van der Waals surface area contributed by atoms with Crippen molar-refractivity contribution in [1.82, 2.24) is 15.3 Å². The van der Waals surface area contributed by atoms with Crippen LogP contribution in [-0.4, -0.2) is 29.1 Å². The van der Waals surface area contributed by atoms with Crippen LogP contribution in [0.25, 0.3) is 11.4 Å². The van der Waals surface area contributed by atoms with Gasteiger partial charge in [-0.1, -0.05) is 30.3 Å². The zero-order valence-electron chi connectivity index (χ0n) is 11.8. The highest BCUT2D eigenvalue weighted by Gasteiger charge is 2.14. The average molecular weight is 268 g/mol. The molecular weight excluding hydrogens is 248 g/mol. The minimum absolute atomic E-state index is 0.460. The first-order chi connectivity index (χ1) is 9.81. The first-order valence-electron chi connectivity index (χ1n) is 7.19. The molecule has 0 saturated carbocycles. The molecule has 3 rings (SSSR count). The Hall–Kier alpha value is -1.94. The maximum absolute atomic E-state index is 4.65. The quantitative estimate of drug-likeness (QED) is 0.898. The van der Waals surface area contributed by atoms with Crippen LogP contribution in [0.3, 0.4) is 0 Å². The molecule has 1 aliphatic heterocycles. The van der Waals surface area contributed by atoms with E-state index in [4.69, 9.17) is 0 Å². The molecule has 1 fully saturated rings. The fraction of sp³-hybridized carbons (Fsp3) is 0.375. The van der Waals surface area contributed by atoms with Gasteiger partial charge in [0.15, 0.2) is 5.82 Å². The third-order valence-corrected chi connectivity index (χ3v) is 3.54. The third kappa shape index (κ3) is 3.14. The van der Waals surface area contributed by atoms with E-state index in [2.05, 4.69) is 20.6 Å². The number of anilines is 1. The SMILES string of the molecule is Cc1cc(NC2CCCNC2)nc(-c2ccccc2)n1. The summed E-state index contributed by atoms with van der Waals surface area (Å²) in [6.45, 7) is 4.14. The average Bonchev–Trinajstić information content (AvgIpc) is 2.49. The summed E-state index contributed by atoms with van der Waals surface area (Å²) in [5.74, 6) is 1.71. The molecule has 1 saturated heterocycles. The van der Waals surface area contributed by atoms with Crippen molar-refractivity contribution < 1.29 is 0 Å². The smallest absolute Gasteiger partial charge is 0.161 e. The van der Waals surface area contributed by atoms with Gasteiger partial charge in [-0.15, -0.1) is 0 Å². The van der Waals surface area contributed by atoms with Crippen LogP contribution < -0.4 is 10.6 Å². The number of aryl methyl sites for hydroxylation is 1. The Morgan fingerprint density at radius 2 is 2.05 bits per heavy atom. The lowest BCUT2D eigenvalue weighted by molar-refractivity contribution is 0.479. The molecule has 0 amide bonds. The number of hydrogen-bond donors (Lipinski definition) is 2. The van der Waals surface area contributed by atoms with Crippen molar-refractivity contribution in [2.24, 2.45) is 0 Å². The number of aromatic nitrogens is 2. The molecule has 0 aliphatic carbocycles. The first kappa shape index (κ1) is 13.1. The van der Waals surface area contributed by atoms with Crippen molar-refractivity contribution >= 4 is 5.82 Å². The van der Waals surface area contributed by atoms with Gasteiger partial charge in [-0.05, 0) is 26.3 Å². The third-order valence-electron chi connectivity index (χ3n) is 3.54. The van der Waals surface area contributed by atoms with Crippen LogP contribution in [0.5, 0.6) is 0 Å². The molecule has 2 aromatic rings. The normalized spacial score (nSPS) is 18.8. The van der Waals surface area contributed by atoms with Gasteiger partial charge in [0.1, 0.15) is 5.82 Å². The van der Waals surface area contributed by atoms with Gasteiger partial charge in [-0.2, -0.15) is 0 Å². The van der Waals surface area contributed by atoms with Gasteiger partial charge in [0, 0.05) is 29.9 Å². The Morgan fingerprint density at radius 1 is 1.20 bits per heavy atom. The lowest BCUT2D eigenvalue weighted by Gasteiger charge is -2.24. The molecule has 2 heterocycles. The van der Waals surface area contributed by atoms with Crippen molar-refractivity contribution in [2.45, 2.75) is 25.8 Å². The number of benzene rings is 1. The van der Waals surface area contributed by atoms with Gasteiger partial charge in [-0.25, -0.2) is 9.97 Å². The summed E-state index contributed by atoms with van der Waals surface area (Å²) >= 11 is 0. The molecule has 4 heteroatoms. The molecule has 1 aromatic carbocycles. The number of rotatable bonds is 3. The molecule has 20 heavy (non-hydrogen) atoms. The van der Waals surface area contributed by atoms with Gasteiger partial charge in [0.2, 0.25) is 0 Å². The minimum atomic E-state index is 0.460. The lowest BCUT2D eigenvalue weighted by atomic mass is 10.1. The molecule has 0 bridgehead atoms. The van der Waals surface area contributed by atoms with Crippen LogP contribution in [0, 0.1) is 6.92 Å². The van der Waals surface area contributed by atoms with Crippen molar-refractivity contribution in [1.29, 1.82) is 0 Å². The second-order valence-electron chi connectivity index (χ2n) is 5.27.